The van der Waals surface area contributed by atoms with Crippen LogP contribution in [0.4, 0.5) is 11.4 Å². The molecule has 118 valence electrons. The summed E-state index contributed by atoms with van der Waals surface area (Å²) < 4.78 is 0. The highest BCUT2D eigenvalue weighted by Crippen LogP contribution is 2.20. The number of ketones is 1. The predicted octanol–water partition coefficient (Wildman–Crippen LogP) is 3.43. The molecule has 6 heteroatoms. The number of Topliss-reactive ketones (excluding diaryl/α,β-unsaturated/α-hetero) is 1. The normalized spacial score (nSPS) is 10.0. The molecule has 2 aromatic rings. The number of carbonyl (C=O) groups is 3. The van der Waals surface area contributed by atoms with E-state index in [4.69, 9.17) is 11.6 Å². The molecule has 0 aliphatic heterocycles. The minimum Gasteiger partial charge on any atom is -0.326 e. The smallest absolute Gasteiger partial charge is 0.296 e. The molecule has 2 aromatic carbocycles. The van der Waals surface area contributed by atoms with Crippen LogP contribution in [-0.2, 0) is 9.59 Å². The molecule has 0 spiro atoms. The third-order valence-electron chi connectivity index (χ3n) is 3.10. The van der Waals surface area contributed by atoms with Gasteiger partial charge < -0.3 is 10.6 Å². The van der Waals surface area contributed by atoms with Crippen molar-refractivity contribution in [1.82, 2.24) is 0 Å². The molecule has 0 aliphatic rings. The Morgan fingerprint density at radius 1 is 1.00 bits per heavy atom. The molecule has 5 nitrogen and oxygen atoms in total. The van der Waals surface area contributed by atoms with E-state index in [0.29, 0.717) is 16.4 Å². The van der Waals surface area contributed by atoms with Gasteiger partial charge in [0.05, 0.1) is 11.3 Å². The van der Waals surface area contributed by atoms with Crippen LogP contribution in [0.15, 0.2) is 42.5 Å². The van der Waals surface area contributed by atoms with Crippen molar-refractivity contribution in [3.05, 3.63) is 58.6 Å². The Balaban J connectivity index is 2.21. The molecule has 0 aromatic heterocycles. The van der Waals surface area contributed by atoms with Crippen LogP contribution in [0.25, 0.3) is 0 Å². The van der Waals surface area contributed by atoms with Crippen LogP contribution >= 0.6 is 11.6 Å². The van der Waals surface area contributed by atoms with Crippen molar-refractivity contribution in [3.63, 3.8) is 0 Å². The summed E-state index contributed by atoms with van der Waals surface area (Å²) in [5.74, 6) is -1.84. The zero-order chi connectivity index (χ0) is 17.0. The van der Waals surface area contributed by atoms with Gasteiger partial charge in [-0.2, -0.15) is 0 Å². The maximum atomic E-state index is 12.3. The van der Waals surface area contributed by atoms with E-state index in [2.05, 4.69) is 10.6 Å². The molecule has 0 heterocycles. The topological polar surface area (TPSA) is 75.3 Å². The highest BCUT2D eigenvalue weighted by Gasteiger charge is 2.20. The van der Waals surface area contributed by atoms with Gasteiger partial charge in [0.2, 0.25) is 5.91 Å². The van der Waals surface area contributed by atoms with Crippen LogP contribution in [0.2, 0.25) is 5.02 Å². The lowest BCUT2D eigenvalue weighted by molar-refractivity contribution is -0.114. The van der Waals surface area contributed by atoms with E-state index in [9.17, 15) is 14.4 Å². The van der Waals surface area contributed by atoms with Crippen molar-refractivity contribution in [2.45, 2.75) is 13.8 Å². The lowest BCUT2D eigenvalue weighted by Crippen LogP contribution is -2.24. The van der Waals surface area contributed by atoms with E-state index in [1.54, 1.807) is 43.3 Å². The minimum absolute atomic E-state index is 0.130. The number of carbonyl (C=O) groups excluding carboxylic acids is 3. The standard InChI is InChI=1S/C17H15ClN2O3/c1-10-9-12(7-8-14(10)18)20-17(23)16(22)13-5-3-4-6-15(13)19-11(2)21/h3-9H,1-2H3,(H,19,21)(H,20,23). The Hall–Kier alpha value is -2.66. The quantitative estimate of drug-likeness (QED) is 0.666. The van der Waals surface area contributed by atoms with Gasteiger partial charge in [-0.25, -0.2) is 0 Å². The largest absolute Gasteiger partial charge is 0.326 e. The van der Waals surface area contributed by atoms with E-state index < -0.39 is 11.7 Å². The number of rotatable bonds is 4. The van der Waals surface area contributed by atoms with Crippen LogP contribution in [0.3, 0.4) is 0 Å². The molecule has 0 saturated carbocycles. The number of hydrogen-bond donors (Lipinski definition) is 2. The number of amides is 2. The van der Waals surface area contributed by atoms with Gasteiger partial charge in [-0.1, -0.05) is 23.7 Å². The summed E-state index contributed by atoms with van der Waals surface area (Å²) in [6.07, 6.45) is 0. The fourth-order valence-electron chi connectivity index (χ4n) is 2.01. The second-order valence-corrected chi connectivity index (χ2v) is 5.38. The number of para-hydroxylation sites is 1. The highest BCUT2D eigenvalue weighted by molar-refractivity contribution is 6.47. The van der Waals surface area contributed by atoms with Crippen LogP contribution < -0.4 is 10.6 Å². The van der Waals surface area contributed by atoms with E-state index in [-0.39, 0.29) is 11.5 Å². The van der Waals surface area contributed by atoms with Gasteiger partial charge in [-0.05, 0) is 42.8 Å². The number of nitrogens with one attached hydrogen (secondary N) is 2. The van der Waals surface area contributed by atoms with Crippen molar-refractivity contribution >= 4 is 40.6 Å². The van der Waals surface area contributed by atoms with Gasteiger partial charge >= 0.3 is 0 Å². The molecule has 0 radical (unpaired) electrons. The summed E-state index contributed by atoms with van der Waals surface area (Å²) in [7, 11) is 0. The Kier molecular flexibility index (Phi) is 5.13. The average molecular weight is 331 g/mol. The minimum atomic E-state index is -0.787. The summed E-state index contributed by atoms with van der Waals surface area (Å²) in [4.78, 5) is 35.6. The molecule has 0 bridgehead atoms. The Morgan fingerprint density at radius 3 is 2.35 bits per heavy atom. The molecule has 0 saturated heterocycles. The lowest BCUT2D eigenvalue weighted by Gasteiger charge is -2.10. The number of aryl methyl sites for hydroxylation is 1. The van der Waals surface area contributed by atoms with E-state index in [1.807, 2.05) is 0 Å². The van der Waals surface area contributed by atoms with Gasteiger partial charge in [0, 0.05) is 17.6 Å². The van der Waals surface area contributed by atoms with Crippen LogP contribution in [0.5, 0.6) is 0 Å². The van der Waals surface area contributed by atoms with E-state index in [0.717, 1.165) is 5.56 Å². The zero-order valence-electron chi connectivity index (χ0n) is 12.6. The van der Waals surface area contributed by atoms with Gasteiger partial charge in [0.15, 0.2) is 0 Å². The Morgan fingerprint density at radius 2 is 1.70 bits per heavy atom. The molecule has 2 rings (SSSR count). The first-order valence-electron chi connectivity index (χ1n) is 6.87. The van der Waals surface area contributed by atoms with Crippen molar-refractivity contribution in [3.8, 4) is 0 Å². The SMILES string of the molecule is CC(=O)Nc1ccccc1C(=O)C(=O)Nc1ccc(Cl)c(C)c1. The first-order chi connectivity index (χ1) is 10.9. The van der Waals surface area contributed by atoms with Crippen LogP contribution in [0, 0.1) is 6.92 Å². The molecule has 2 N–H and O–H groups in total. The Bertz CT molecular complexity index is 787. The molecule has 0 atom stereocenters. The highest BCUT2D eigenvalue weighted by atomic mass is 35.5. The van der Waals surface area contributed by atoms with Crippen molar-refractivity contribution in [1.29, 1.82) is 0 Å². The monoisotopic (exact) mass is 330 g/mol. The van der Waals surface area contributed by atoms with Crippen LogP contribution in [-0.4, -0.2) is 17.6 Å². The zero-order valence-corrected chi connectivity index (χ0v) is 13.4. The van der Waals surface area contributed by atoms with Gasteiger partial charge in [-0.15, -0.1) is 0 Å². The second-order valence-electron chi connectivity index (χ2n) is 4.97. The van der Waals surface area contributed by atoms with Crippen LogP contribution in [0.1, 0.15) is 22.8 Å². The lowest BCUT2D eigenvalue weighted by atomic mass is 10.1. The number of benzene rings is 2. The number of hydrogen-bond acceptors (Lipinski definition) is 3. The van der Waals surface area contributed by atoms with Gasteiger partial charge in [0.1, 0.15) is 0 Å². The molecule has 2 amide bonds. The Labute approximate surface area is 138 Å². The summed E-state index contributed by atoms with van der Waals surface area (Å²) in [5, 5.41) is 5.64. The third kappa shape index (κ3) is 4.17. The molecule has 0 unspecified atom stereocenters. The van der Waals surface area contributed by atoms with Gasteiger partial charge in [0.25, 0.3) is 11.7 Å². The maximum Gasteiger partial charge on any atom is 0.296 e. The van der Waals surface area contributed by atoms with E-state index >= 15 is 0 Å². The van der Waals surface area contributed by atoms with Gasteiger partial charge in [-0.3, -0.25) is 14.4 Å². The fourth-order valence-corrected chi connectivity index (χ4v) is 2.13. The summed E-state index contributed by atoms with van der Waals surface area (Å²) in [5.41, 5.74) is 1.69. The first-order valence-corrected chi connectivity index (χ1v) is 7.24. The first kappa shape index (κ1) is 16.7. The molecule has 0 aliphatic carbocycles. The molecule has 0 fully saturated rings. The average Bonchev–Trinajstić information content (AvgIpc) is 2.50. The summed E-state index contributed by atoms with van der Waals surface area (Å²) in [6.45, 7) is 3.13. The maximum absolute atomic E-state index is 12.3. The molecular formula is C17H15ClN2O3. The number of anilines is 2. The molecule has 23 heavy (non-hydrogen) atoms. The van der Waals surface area contributed by atoms with Crippen molar-refractivity contribution in [2.75, 3.05) is 10.6 Å². The number of halogens is 1. The predicted molar refractivity (Wildman–Crippen MR) is 89.9 cm³/mol. The van der Waals surface area contributed by atoms with Crippen molar-refractivity contribution in [2.24, 2.45) is 0 Å². The summed E-state index contributed by atoms with van der Waals surface area (Å²) >= 11 is 5.93. The second kappa shape index (κ2) is 7.07. The van der Waals surface area contributed by atoms with E-state index in [1.165, 1.54) is 13.0 Å². The fraction of sp³-hybridized carbons (Fsp3) is 0.118. The third-order valence-corrected chi connectivity index (χ3v) is 3.53. The summed E-state index contributed by atoms with van der Waals surface area (Å²) in [6, 6.07) is 11.3. The molecular weight excluding hydrogens is 316 g/mol. The van der Waals surface area contributed by atoms with Crippen molar-refractivity contribution < 1.29 is 14.4 Å².